The van der Waals surface area contributed by atoms with E-state index in [1.807, 2.05) is 22.6 Å². The van der Waals surface area contributed by atoms with Crippen molar-refractivity contribution in [3.8, 4) is 0 Å². The summed E-state index contributed by atoms with van der Waals surface area (Å²) in [6, 6.07) is 0. The Balaban J connectivity index is 4.17. The van der Waals surface area contributed by atoms with Crippen molar-refractivity contribution < 1.29 is 26.3 Å². The van der Waals surface area contributed by atoms with Crippen molar-refractivity contribution >= 4 is 22.6 Å². The van der Waals surface area contributed by atoms with Crippen LogP contribution >= 0.6 is 22.6 Å². The number of unbranched alkanes of at least 4 members (excludes halogenated alkanes) is 2. The van der Waals surface area contributed by atoms with Gasteiger partial charge in [0.1, 0.15) is 0 Å². The predicted molar refractivity (Wildman–Crippen MR) is 53.0 cm³/mol. The van der Waals surface area contributed by atoms with Gasteiger partial charge < -0.3 is 0 Å². The summed E-state index contributed by atoms with van der Waals surface area (Å²) < 4.78 is 72.8. The maximum atomic E-state index is 12.0. The average Bonchev–Trinajstić information content (AvgIpc) is 1.99. The van der Waals surface area contributed by atoms with E-state index in [0.717, 1.165) is 4.43 Å². The van der Waals surface area contributed by atoms with Crippen LogP contribution in [0, 0.1) is 5.92 Å². The van der Waals surface area contributed by atoms with Crippen molar-refractivity contribution in [2.45, 2.75) is 38.0 Å². The van der Waals surface area contributed by atoms with Crippen LogP contribution in [-0.2, 0) is 0 Å². The van der Waals surface area contributed by atoms with Gasteiger partial charge in [0.2, 0.25) is 0 Å². The molecule has 0 atom stereocenters. The maximum Gasteiger partial charge on any atom is 0.400 e. The van der Waals surface area contributed by atoms with Crippen LogP contribution in [0.5, 0.6) is 0 Å². The van der Waals surface area contributed by atoms with Crippen LogP contribution in [0.15, 0.2) is 0 Å². The second-order valence-electron chi connectivity index (χ2n) is 3.17. The minimum atomic E-state index is -5.18. The van der Waals surface area contributed by atoms with E-state index >= 15 is 0 Å². The highest BCUT2D eigenvalue weighted by Gasteiger charge is 2.55. The number of hydrogen-bond donors (Lipinski definition) is 0. The Morgan fingerprint density at radius 1 is 0.800 bits per heavy atom. The summed E-state index contributed by atoms with van der Waals surface area (Å²) in [6.07, 6.45) is -10.2. The van der Waals surface area contributed by atoms with Gasteiger partial charge in [-0.25, -0.2) is 0 Å². The Kier molecular flexibility index (Phi) is 6.27. The minimum absolute atomic E-state index is 0.0350. The fraction of sp³-hybridized carbons (Fsp3) is 1.00. The monoisotopic (exact) mass is 348 g/mol. The molecule has 0 fully saturated rings. The van der Waals surface area contributed by atoms with Crippen molar-refractivity contribution in [1.29, 1.82) is 0 Å². The standard InChI is InChI=1S/C8H11F6I/c9-7(10,11)6(8(12,13)14)4-2-1-3-5-15/h6H,1-5H2. The molecule has 0 aromatic heterocycles. The molecule has 0 nitrogen and oxygen atoms in total. The highest BCUT2D eigenvalue weighted by molar-refractivity contribution is 14.1. The summed E-state index contributed by atoms with van der Waals surface area (Å²) >= 11 is 2.03. The van der Waals surface area contributed by atoms with Crippen molar-refractivity contribution in [3.05, 3.63) is 0 Å². The molecule has 0 saturated carbocycles. The third kappa shape index (κ3) is 6.47. The zero-order valence-corrected chi connectivity index (χ0v) is 9.92. The molecule has 0 heterocycles. The minimum Gasteiger partial charge on any atom is -0.170 e. The topological polar surface area (TPSA) is 0 Å². The lowest BCUT2D eigenvalue weighted by molar-refractivity contribution is -0.285. The summed E-state index contributed by atoms with van der Waals surface area (Å²) in [5.74, 6) is -3.17. The van der Waals surface area contributed by atoms with Crippen molar-refractivity contribution in [1.82, 2.24) is 0 Å². The van der Waals surface area contributed by atoms with E-state index in [1.54, 1.807) is 0 Å². The molecular weight excluding hydrogens is 337 g/mol. The maximum absolute atomic E-state index is 12.0. The van der Waals surface area contributed by atoms with Crippen molar-refractivity contribution in [2.24, 2.45) is 5.92 Å². The van der Waals surface area contributed by atoms with Crippen LogP contribution in [0.2, 0.25) is 0 Å². The smallest absolute Gasteiger partial charge is 0.170 e. The largest absolute Gasteiger partial charge is 0.400 e. The second kappa shape index (κ2) is 6.15. The van der Waals surface area contributed by atoms with Crippen LogP contribution in [0.25, 0.3) is 0 Å². The number of hydrogen-bond acceptors (Lipinski definition) is 0. The number of rotatable bonds is 5. The summed E-state index contributed by atoms with van der Waals surface area (Å²) in [6.45, 7) is 0. The van der Waals surface area contributed by atoms with E-state index in [4.69, 9.17) is 0 Å². The molecule has 15 heavy (non-hydrogen) atoms. The fourth-order valence-corrected chi connectivity index (χ4v) is 1.67. The van der Waals surface area contributed by atoms with Crippen LogP contribution < -0.4 is 0 Å². The molecule has 0 N–H and O–H groups in total. The molecule has 0 aliphatic rings. The second-order valence-corrected chi connectivity index (χ2v) is 4.25. The van der Waals surface area contributed by atoms with E-state index in [-0.39, 0.29) is 6.42 Å². The molecule has 92 valence electrons. The molecule has 0 bridgehead atoms. The van der Waals surface area contributed by atoms with Gasteiger partial charge in [0.25, 0.3) is 0 Å². The summed E-state index contributed by atoms with van der Waals surface area (Å²) in [5, 5.41) is 0. The molecule has 0 aromatic rings. The van der Waals surface area contributed by atoms with Gasteiger partial charge in [-0.15, -0.1) is 0 Å². The zero-order chi connectivity index (χ0) is 12.1. The van der Waals surface area contributed by atoms with E-state index < -0.39 is 24.7 Å². The molecule has 0 saturated heterocycles. The predicted octanol–water partition coefficient (Wildman–Crippen LogP) is 4.72. The van der Waals surface area contributed by atoms with Gasteiger partial charge in [-0.3, -0.25) is 0 Å². The van der Waals surface area contributed by atoms with Crippen LogP contribution in [0.3, 0.4) is 0 Å². The Labute approximate surface area is 97.5 Å². The summed E-state index contributed by atoms with van der Waals surface area (Å²) in [5.41, 5.74) is 0. The molecule has 0 aromatic carbocycles. The normalized spacial score (nSPS) is 13.6. The van der Waals surface area contributed by atoms with Gasteiger partial charge in [-0.05, 0) is 17.3 Å². The lowest BCUT2D eigenvalue weighted by Gasteiger charge is -2.22. The molecule has 7 heteroatoms. The SMILES string of the molecule is FC(F)(F)C(CCCCCI)C(F)(F)F. The summed E-state index contributed by atoms with van der Waals surface area (Å²) in [4.78, 5) is 0. The molecule has 0 rings (SSSR count). The Bertz CT molecular complexity index is 159. The molecule has 0 aliphatic heterocycles. The van der Waals surface area contributed by atoms with E-state index in [0.29, 0.717) is 12.8 Å². The summed E-state index contributed by atoms with van der Waals surface area (Å²) in [7, 11) is 0. The van der Waals surface area contributed by atoms with Gasteiger partial charge in [0.15, 0.2) is 5.92 Å². The molecule has 0 aliphatic carbocycles. The highest BCUT2D eigenvalue weighted by atomic mass is 127. The first-order valence-electron chi connectivity index (χ1n) is 4.39. The Morgan fingerprint density at radius 3 is 1.60 bits per heavy atom. The van der Waals surface area contributed by atoms with Gasteiger partial charge in [-0.1, -0.05) is 35.4 Å². The van der Waals surface area contributed by atoms with Crippen LogP contribution in [0.1, 0.15) is 25.7 Å². The van der Waals surface area contributed by atoms with Crippen molar-refractivity contribution in [3.63, 3.8) is 0 Å². The first kappa shape index (κ1) is 15.3. The zero-order valence-electron chi connectivity index (χ0n) is 7.76. The molecule has 0 radical (unpaired) electrons. The van der Waals surface area contributed by atoms with Crippen LogP contribution in [0.4, 0.5) is 26.3 Å². The molecule has 0 amide bonds. The Hall–Kier alpha value is 0.310. The van der Waals surface area contributed by atoms with E-state index in [2.05, 4.69) is 0 Å². The first-order valence-corrected chi connectivity index (χ1v) is 5.91. The number of alkyl halides is 7. The van der Waals surface area contributed by atoms with Crippen molar-refractivity contribution in [2.75, 3.05) is 4.43 Å². The lowest BCUT2D eigenvalue weighted by Crippen LogP contribution is -2.36. The third-order valence-corrected chi connectivity index (χ3v) is 2.68. The Morgan fingerprint density at radius 2 is 1.27 bits per heavy atom. The molecule has 0 unspecified atom stereocenters. The van der Waals surface area contributed by atoms with E-state index in [1.165, 1.54) is 0 Å². The molecular formula is C8H11F6I. The van der Waals surface area contributed by atoms with Gasteiger partial charge in [-0.2, -0.15) is 26.3 Å². The lowest BCUT2D eigenvalue weighted by atomic mass is 10.0. The number of halogens is 7. The van der Waals surface area contributed by atoms with Gasteiger partial charge in [0.05, 0.1) is 0 Å². The van der Waals surface area contributed by atoms with Gasteiger partial charge >= 0.3 is 12.4 Å². The molecule has 0 spiro atoms. The van der Waals surface area contributed by atoms with Crippen LogP contribution in [-0.4, -0.2) is 16.8 Å². The quantitative estimate of drug-likeness (QED) is 0.292. The van der Waals surface area contributed by atoms with Gasteiger partial charge in [0, 0.05) is 0 Å². The first-order chi connectivity index (χ1) is 6.69. The third-order valence-electron chi connectivity index (χ3n) is 1.92. The average molecular weight is 348 g/mol. The van der Waals surface area contributed by atoms with E-state index in [9.17, 15) is 26.3 Å². The highest BCUT2D eigenvalue weighted by Crippen LogP contribution is 2.42. The fourth-order valence-electron chi connectivity index (χ4n) is 1.13.